The van der Waals surface area contributed by atoms with Gasteiger partial charge in [-0.2, -0.15) is 5.26 Å². The summed E-state index contributed by atoms with van der Waals surface area (Å²) >= 11 is 0. The second-order valence-corrected chi connectivity index (χ2v) is 5.15. The van der Waals surface area contributed by atoms with Crippen LogP contribution >= 0.6 is 0 Å². The van der Waals surface area contributed by atoms with E-state index >= 15 is 0 Å². The fourth-order valence-electron chi connectivity index (χ4n) is 2.65. The zero-order valence-electron chi connectivity index (χ0n) is 12.1. The number of pyridine rings is 1. The van der Waals surface area contributed by atoms with Gasteiger partial charge in [0.05, 0.1) is 11.4 Å². The van der Waals surface area contributed by atoms with Crippen molar-refractivity contribution in [3.05, 3.63) is 35.9 Å². The standard InChI is InChI=1S/C16H17N5O/c17-10-12-14(21-7-5-19-6-8-21)9-13(20-16(12)18)11-3-1-2-4-15(11)22/h1-4,9,19,22H,5-8H2,(H2,18,20). The maximum atomic E-state index is 10.0. The zero-order valence-corrected chi connectivity index (χ0v) is 12.1. The predicted molar refractivity (Wildman–Crippen MR) is 85.5 cm³/mol. The second-order valence-electron chi connectivity index (χ2n) is 5.15. The summed E-state index contributed by atoms with van der Waals surface area (Å²) in [6.45, 7) is 3.33. The van der Waals surface area contributed by atoms with Gasteiger partial charge in [0.15, 0.2) is 0 Å². The Hall–Kier alpha value is -2.78. The number of nitriles is 1. The number of benzene rings is 1. The molecule has 0 spiro atoms. The summed E-state index contributed by atoms with van der Waals surface area (Å²) in [6, 6.07) is 10.9. The van der Waals surface area contributed by atoms with Crippen molar-refractivity contribution in [3.63, 3.8) is 0 Å². The van der Waals surface area contributed by atoms with E-state index in [2.05, 4.69) is 21.3 Å². The Bertz CT molecular complexity index is 732. The molecule has 22 heavy (non-hydrogen) atoms. The number of anilines is 2. The lowest BCUT2D eigenvalue weighted by atomic mass is 10.1. The first-order chi connectivity index (χ1) is 10.7. The lowest BCUT2D eigenvalue weighted by Crippen LogP contribution is -2.43. The molecule has 0 atom stereocenters. The first kappa shape index (κ1) is 14.2. The minimum atomic E-state index is 0.144. The Balaban J connectivity index is 2.12. The number of nitrogen functional groups attached to an aromatic ring is 1. The van der Waals surface area contributed by atoms with Gasteiger partial charge in [0, 0.05) is 31.7 Å². The van der Waals surface area contributed by atoms with E-state index in [1.807, 2.05) is 12.1 Å². The van der Waals surface area contributed by atoms with Crippen LogP contribution in [-0.2, 0) is 0 Å². The Morgan fingerprint density at radius 2 is 2.00 bits per heavy atom. The quantitative estimate of drug-likeness (QED) is 0.773. The van der Waals surface area contributed by atoms with Crippen molar-refractivity contribution >= 4 is 11.5 Å². The molecular formula is C16H17N5O. The SMILES string of the molecule is N#Cc1c(N2CCNCC2)cc(-c2ccccc2O)nc1N. The summed E-state index contributed by atoms with van der Waals surface area (Å²) in [5, 5.41) is 22.7. The molecule has 6 heteroatoms. The van der Waals surface area contributed by atoms with E-state index in [0.29, 0.717) is 16.8 Å². The average molecular weight is 295 g/mol. The third kappa shape index (κ3) is 2.54. The first-order valence-electron chi connectivity index (χ1n) is 7.15. The lowest BCUT2D eigenvalue weighted by molar-refractivity contribution is 0.477. The highest BCUT2D eigenvalue weighted by atomic mass is 16.3. The Morgan fingerprint density at radius 1 is 1.27 bits per heavy atom. The molecule has 1 aromatic heterocycles. The van der Waals surface area contributed by atoms with Crippen LogP contribution < -0.4 is 16.0 Å². The molecule has 0 radical (unpaired) electrons. The number of nitrogens with two attached hydrogens (primary N) is 1. The summed E-state index contributed by atoms with van der Waals surface area (Å²) in [5.41, 5.74) is 8.31. The number of hydrogen-bond acceptors (Lipinski definition) is 6. The molecule has 112 valence electrons. The van der Waals surface area contributed by atoms with Gasteiger partial charge in [-0.05, 0) is 18.2 Å². The van der Waals surface area contributed by atoms with Crippen LogP contribution in [0.2, 0.25) is 0 Å². The molecule has 0 unspecified atom stereocenters. The van der Waals surface area contributed by atoms with Gasteiger partial charge >= 0.3 is 0 Å². The maximum absolute atomic E-state index is 10.0. The number of nitrogens with one attached hydrogen (secondary N) is 1. The minimum absolute atomic E-state index is 0.144. The van der Waals surface area contributed by atoms with Gasteiger partial charge in [-0.25, -0.2) is 4.98 Å². The van der Waals surface area contributed by atoms with E-state index in [1.165, 1.54) is 0 Å². The van der Waals surface area contributed by atoms with Crippen LogP contribution in [0, 0.1) is 11.3 Å². The Morgan fingerprint density at radius 3 is 2.68 bits per heavy atom. The molecule has 1 aliphatic heterocycles. The fraction of sp³-hybridized carbons (Fsp3) is 0.250. The number of nitrogens with zero attached hydrogens (tertiary/aromatic N) is 3. The lowest BCUT2D eigenvalue weighted by Gasteiger charge is -2.30. The molecular weight excluding hydrogens is 278 g/mol. The summed E-state index contributed by atoms with van der Waals surface area (Å²) in [6.07, 6.45) is 0. The minimum Gasteiger partial charge on any atom is -0.507 e. The Labute approximate surface area is 128 Å². The molecule has 0 amide bonds. The molecule has 1 aliphatic rings. The predicted octanol–water partition coefficient (Wildman–Crippen LogP) is 1.32. The number of aromatic nitrogens is 1. The maximum Gasteiger partial charge on any atom is 0.144 e. The number of piperazine rings is 1. The number of phenols is 1. The average Bonchev–Trinajstić information content (AvgIpc) is 2.55. The van der Waals surface area contributed by atoms with E-state index < -0.39 is 0 Å². The van der Waals surface area contributed by atoms with E-state index in [0.717, 1.165) is 31.9 Å². The first-order valence-corrected chi connectivity index (χ1v) is 7.15. The van der Waals surface area contributed by atoms with Gasteiger partial charge in [-0.15, -0.1) is 0 Å². The summed E-state index contributed by atoms with van der Waals surface area (Å²) < 4.78 is 0. The van der Waals surface area contributed by atoms with E-state index in [4.69, 9.17) is 5.73 Å². The third-order valence-corrected chi connectivity index (χ3v) is 3.78. The second kappa shape index (κ2) is 5.92. The number of rotatable bonds is 2. The van der Waals surface area contributed by atoms with Gasteiger partial charge in [0.2, 0.25) is 0 Å². The molecule has 4 N–H and O–H groups in total. The monoisotopic (exact) mass is 295 g/mol. The molecule has 2 heterocycles. The van der Waals surface area contributed by atoms with E-state index in [9.17, 15) is 10.4 Å². The smallest absolute Gasteiger partial charge is 0.144 e. The topological polar surface area (TPSA) is 98.2 Å². The molecule has 3 rings (SSSR count). The van der Waals surface area contributed by atoms with E-state index in [1.54, 1.807) is 18.2 Å². The van der Waals surface area contributed by atoms with Crippen LogP contribution in [0.5, 0.6) is 5.75 Å². The third-order valence-electron chi connectivity index (χ3n) is 3.78. The highest BCUT2D eigenvalue weighted by molar-refractivity contribution is 5.77. The van der Waals surface area contributed by atoms with Crippen LogP contribution in [-0.4, -0.2) is 36.3 Å². The zero-order chi connectivity index (χ0) is 15.5. The van der Waals surface area contributed by atoms with Gasteiger partial charge in [0.25, 0.3) is 0 Å². The summed E-state index contributed by atoms with van der Waals surface area (Å²) in [4.78, 5) is 6.41. The van der Waals surface area contributed by atoms with Crippen molar-refractivity contribution in [1.82, 2.24) is 10.3 Å². The highest BCUT2D eigenvalue weighted by Gasteiger charge is 2.19. The molecule has 1 aromatic carbocycles. The van der Waals surface area contributed by atoms with Crippen LogP contribution in [0.25, 0.3) is 11.3 Å². The van der Waals surface area contributed by atoms with Crippen LogP contribution in [0.15, 0.2) is 30.3 Å². The van der Waals surface area contributed by atoms with Crippen molar-refractivity contribution in [3.8, 4) is 23.1 Å². The van der Waals surface area contributed by atoms with Crippen molar-refractivity contribution in [1.29, 1.82) is 5.26 Å². The van der Waals surface area contributed by atoms with Gasteiger partial charge in [-0.3, -0.25) is 0 Å². The van der Waals surface area contributed by atoms with Gasteiger partial charge in [-0.1, -0.05) is 12.1 Å². The van der Waals surface area contributed by atoms with E-state index in [-0.39, 0.29) is 11.6 Å². The molecule has 2 aromatic rings. The molecule has 1 fully saturated rings. The normalized spacial score (nSPS) is 14.6. The van der Waals surface area contributed by atoms with Crippen molar-refractivity contribution < 1.29 is 5.11 Å². The fourth-order valence-corrected chi connectivity index (χ4v) is 2.65. The Kier molecular flexibility index (Phi) is 3.81. The van der Waals surface area contributed by atoms with Crippen LogP contribution in [0.1, 0.15) is 5.56 Å². The number of phenolic OH excluding ortho intramolecular Hbond substituents is 1. The molecule has 0 bridgehead atoms. The number of aromatic hydroxyl groups is 1. The van der Waals surface area contributed by atoms with Crippen LogP contribution in [0.3, 0.4) is 0 Å². The van der Waals surface area contributed by atoms with Crippen LogP contribution in [0.4, 0.5) is 11.5 Å². The number of para-hydroxylation sites is 1. The summed E-state index contributed by atoms with van der Waals surface area (Å²) in [7, 11) is 0. The highest BCUT2D eigenvalue weighted by Crippen LogP contribution is 2.33. The molecule has 0 aliphatic carbocycles. The van der Waals surface area contributed by atoms with Crippen molar-refractivity contribution in [2.75, 3.05) is 36.8 Å². The molecule has 0 saturated carbocycles. The largest absolute Gasteiger partial charge is 0.507 e. The van der Waals surface area contributed by atoms with Gasteiger partial charge < -0.3 is 21.1 Å². The number of hydrogen-bond donors (Lipinski definition) is 3. The van der Waals surface area contributed by atoms with Gasteiger partial charge in [0.1, 0.15) is 23.2 Å². The van der Waals surface area contributed by atoms with Crippen molar-refractivity contribution in [2.45, 2.75) is 0 Å². The summed E-state index contributed by atoms with van der Waals surface area (Å²) in [5.74, 6) is 0.335. The van der Waals surface area contributed by atoms with Crippen molar-refractivity contribution in [2.24, 2.45) is 0 Å². The molecule has 1 saturated heterocycles. The molecule has 6 nitrogen and oxygen atoms in total.